The summed E-state index contributed by atoms with van der Waals surface area (Å²) in [6, 6.07) is 0. The van der Waals surface area contributed by atoms with Gasteiger partial charge in [-0.15, -0.1) is 0 Å². The van der Waals surface area contributed by atoms with E-state index in [0.29, 0.717) is 5.82 Å². The Morgan fingerprint density at radius 2 is 2.55 bits per heavy atom. The van der Waals surface area contributed by atoms with Gasteiger partial charge in [-0.05, 0) is 0 Å². The molecule has 0 fully saturated rings. The van der Waals surface area contributed by atoms with Crippen LogP contribution in [0.15, 0.2) is 17.1 Å². The summed E-state index contributed by atoms with van der Waals surface area (Å²) in [5.74, 6) is 0.428. The lowest BCUT2D eigenvalue weighted by atomic mass is 10.7. The van der Waals surface area contributed by atoms with Gasteiger partial charge in [0.1, 0.15) is 6.26 Å². The predicted molar refractivity (Wildman–Crippen MR) is 37.3 cm³/mol. The van der Waals surface area contributed by atoms with E-state index in [-0.39, 0.29) is 0 Å². The molecule has 0 aromatic carbocycles. The van der Waals surface area contributed by atoms with E-state index < -0.39 is 6.09 Å². The molecule has 5 nitrogen and oxygen atoms in total. The highest BCUT2D eigenvalue weighted by Crippen LogP contribution is 2.07. The van der Waals surface area contributed by atoms with Crippen LogP contribution in [-0.4, -0.2) is 25.2 Å². The average molecular weight is 156 g/mol. The number of methoxy groups -OCH3 is 1. The van der Waals surface area contributed by atoms with E-state index in [1.54, 1.807) is 7.05 Å². The number of nitrogens with zero attached hydrogens (tertiary/aromatic N) is 2. The number of ether oxygens (including phenoxy) is 1. The quantitative estimate of drug-likeness (QED) is 0.605. The maximum atomic E-state index is 10.8. The Bertz CT molecular complexity index is 232. The zero-order valence-corrected chi connectivity index (χ0v) is 6.27. The number of hydrogen-bond acceptors (Lipinski definition) is 4. The van der Waals surface area contributed by atoms with Crippen molar-refractivity contribution >= 4 is 11.9 Å². The van der Waals surface area contributed by atoms with E-state index in [4.69, 9.17) is 0 Å². The fourth-order valence-corrected chi connectivity index (χ4v) is 0.602. The molecule has 0 aliphatic rings. The number of amides is 1. The molecule has 0 radical (unpaired) electrons. The van der Waals surface area contributed by atoms with E-state index in [9.17, 15) is 4.79 Å². The van der Waals surface area contributed by atoms with Gasteiger partial charge in [0.2, 0.25) is 0 Å². The Balaban J connectivity index is 2.70. The molecule has 0 unspecified atom stereocenters. The molecule has 0 bridgehead atoms. The normalized spacial score (nSPS) is 9.27. The van der Waals surface area contributed by atoms with Crippen LogP contribution in [0.3, 0.4) is 0 Å². The highest BCUT2D eigenvalue weighted by atomic mass is 16.5. The molecule has 0 N–H and O–H groups in total. The van der Waals surface area contributed by atoms with Gasteiger partial charge in [-0.1, -0.05) is 0 Å². The predicted octanol–water partition coefficient (Wildman–Crippen LogP) is 0.877. The minimum atomic E-state index is -0.473. The van der Waals surface area contributed by atoms with Crippen molar-refractivity contribution in [1.29, 1.82) is 0 Å². The summed E-state index contributed by atoms with van der Waals surface area (Å²) in [5.41, 5.74) is 0. The molecule has 1 heterocycles. The van der Waals surface area contributed by atoms with Crippen LogP contribution in [0.1, 0.15) is 0 Å². The molecule has 1 amide bonds. The van der Waals surface area contributed by atoms with E-state index in [0.717, 1.165) is 0 Å². The first kappa shape index (κ1) is 7.59. The van der Waals surface area contributed by atoms with Gasteiger partial charge in [-0.25, -0.2) is 4.79 Å². The van der Waals surface area contributed by atoms with Gasteiger partial charge in [-0.2, -0.15) is 4.98 Å². The third-order valence-electron chi connectivity index (χ3n) is 1.21. The lowest BCUT2D eigenvalue weighted by molar-refractivity contribution is 0.180. The zero-order valence-electron chi connectivity index (χ0n) is 6.27. The molecule has 1 aromatic heterocycles. The minimum Gasteiger partial charge on any atom is -0.452 e. The second kappa shape index (κ2) is 3.05. The highest BCUT2D eigenvalue weighted by molar-refractivity contribution is 5.85. The molecule has 5 heteroatoms. The smallest absolute Gasteiger partial charge is 0.415 e. The highest BCUT2D eigenvalue weighted by Gasteiger charge is 2.11. The molecule has 0 spiro atoms. The molecule has 1 rings (SSSR count). The van der Waals surface area contributed by atoms with Crippen LogP contribution in [-0.2, 0) is 4.74 Å². The summed E-state index contributed by atoms with van der Waals surface area (Å²) in [5, 5.41) is 0. The Kier molecular flexibility index (Phi) is 2.10. The first-order valence-electron chi connectivity index (χ1n) is 2.95. The third-order valence-corrected chi connectivity index (χ3v) is 1.21. The van der Waals surface area contributed by atoms with E-state index in [1.165, 1.54) is 24.7 Å². The van der Waals surface area contributed by atoms with Gasteiger partial charge < -0.3 is 9.15 Å². The largest absolute Gasteiger partial charge is 0.452 e. The van der Waals surface area contributed by atoms with E-state index in [2.05, 4.69) is 14.1 Å². The van der Waals surface area contributed by atoms with Gasteiger partial charge in [-0.3, -0.25) is 4.90 Å². The topological polar surface area (TPSA) is 55.6 Å². The number of oxazole rings is 1. The number of carbonyl (C=O) groups excluding carboxylic acids is 1. The molecule has 0 aliphatic heterocycles. The first-order chi connectivity index (χ1) is 5.25. The van der Waals surface area contributed by atoms with E-state index in [1.807, 2.05) is 0 Å². The summed E-state index contributed by atoms with van der Waals surface area (Å²) in [6.45, 7) is 0. The number of anilines is 1. The molecule has 0 aliphatic carbocycles. The Morgan fingerprint density at radius 3 is 3.00 bits per heavy atom. The number of rotatable bonds is 1. The third kappa shape index (κ3) is 1.49. The number of aromatic nitrogens is 1. The number of hydrogen-bond donors (Lipinski definition) is 0. The summed E-state index contributed by atoms with van der Waals surface area (Å²) < 4.78 is 9.11. The Labute approximate surface area is 63.6 Å². The lowest BCUT2D eigenvalue weighted by Crippen LogP contribution is -2.25. The summed E-state index contributed by atoms with van der Waals surface area (Å²) >= 11 is 0. The van der Waals surface area contributed by atoms with Crippen molar-refractivity contribution < 1.29 is 13.9 Å². The van der Waals surface area contributed by atoms with E-state index >= 15 is 0 Å². The maximum Gasteiger partial charge on any atom is 0.415 e. The van der Waals surface area contributed by atoms with Gasteiger partial charge in [0.05, 0.1) is 7.11 Å². The van der Waals surface area contributed by atoms with Crippen LogP contribution in [0.25, 0.3) is 0 Å². The summed E-state index contributed by atoms with van der Waals surface area (Å²) in [4.78, 5) is 15.8. The van der Waals surface area contributed by atoms with Crippen LogP contribution < -0.4 is 4.90 Å². The van der Waals surface area contributed by atoms with Crippen molar-refractivity contribution in [3.63, 3.8) is 0 Å². The molecular formula is C6H8N2O3. The van der Waals surface area contributed by atoms with Crippen molar-refractivity contribution in [1.82, 2.24) is 4.98 Å². The first-order valence-corrected chi connectivity index (χ1v) is 2.95. The van der Waals surface area contributed by atoms with Crippen molar-refractivity contribution in [2.45, 2.75) is 0 Å². The molecule has 11 heavy (non-hydrogen) atoms. The second-order valence-electron chi connectivity index (χ2n) is 1.88. The van der Waals surface area contributed by atoms with Crippen molar-refractivity contribution in [2.75, 3.05) is 19.1 Å². The van der Waals surface area contributed by atoms with Crippen LogP contribution in [0.2, 0.25) is 0 Å². The maximum absolute atomic E-state index is 10.8. The van der Waals surface area contributed by atoms with Gasteiger partial charge >= 0.3 is 6.09 Å². The van der Waals surface area contributed by atoms with Crippen LogP contribution in [0, 0.1) is 0 Å². The zero-order chi connectivity index (χ0) is 8.27. The van der Waals surface area contributed by atoms with Crippen molar-refractivity contribution in [3.05, 3.63) is 12.7 Å². The van der Waals surface area contributed by atoms with Crippen LogP contribution in [0.5, 0.6) is 0 Å². The molecule has 60 valence electrons. The molecule has 0 atom stereocenters. The number of carbonyl (C=O) groups is 1. The Morgan fingerprint density at radius 1 is 1.82 bits per heavy atom. The fourth-order valence-electron chi connectivity index (χ4n) is 0.602. The van der Waals surface area contributed by atoms with Crippen LogP contribution >= 0.6 is 0 Å². The second-order valence-corrected chi connectivity index (χ2v) is 1.88. The SMILES string of the molecule is COC(=O)N(C)c1cocn1. The fraction of sp³-hybridized carbons (Fsp3) is 0.333. The molecule has 0 saturated heterocycles. The Hall–Kier alpha value is -1.52. The van der Waals surface area contributed by atoms with Crippen molar-refractivity contribution in [3.8, 4) is 0 Å². The molecule has 0 saturated carbocycles. The van der Waals surface area contributed by atoms with Gasteiger partial charge in [0.15, 0.2) is 12.2 Å². The minimum absolute atomic E-state index is 0.428. The van der Waals surface area contributed by atoms with Gasteiger partial charge in [0.25, 0.3) is 0 Å². The summed E-state index contributed by atoms with van der Waals surface area (Å²) in [7, 11) is 2.85. The monoisotopic (exact) mass is 156 g/mol. The summed E-state index contributed by atoms with van der Waals surface area (Å²) in [6.07, 6.45) is 2.13. The standard InChI is InChI=1S/C6H8N2O3/c1-8(6(9)10-2)5-3-11-4-7-5/h3-4H,1-2H3. The molecular weight excluding hydrogens is 148 g/mol. The average Bonchev–Trinajstić information content (AvgIpc) is 2.53. The van der Waals surface area contributed by atoms with Crippen LogP contribution in [0.4, 0.5) is 10.6 Å². The lowest BCUT2D eigenvalue weighted by Gasteiger charge is -2.10. The van der Waals surface area contributed by atoms with Crippen molar-refractivity contribution in [2.24, 2.45) is 0 Å². The van der Waals surface area contributed by atoms with Gasteiger partial charge in [0, 0.05) is 7.05 Å². The molecule has 1 aromatic rings.